The quantitative estimate of drug-likeness (QED) is 0.455. The Morgan fingerprint density at radius 1 is 1.39 bits per heavy atom. The maximum Gasteiger partial charge on any atom is 0.224 e. The smallest absolute Gasteiger partial charge is 0.222 e. The zero-order valence-electron chi connectivity index (χ0n) is 10.6. The lowest BCUT2D eigenvalue weighted by atomic mass is 9.95. The normalized spacial score (nSPS) is 19.6. The van der Waals surface area contributed by atoms with Gasteiger partial charge in [-0.05, 0) is 43.4 Å². The largest absolute Gasteiger partial charge is 0.224 e. The van der Waals surface area contributed by atoms with Gasteiger partial charge in [0.1, 0.15) is 5.15 Å². The van der Waals surface area contributed by atoms with Crippen LogP contribution in [0.4, 0.5) is 0 Å². The van der Waals surface area contributed by atoms with Crippen molar-refractivity contribution in [2.24, 2.45) is 0 Å². The van der Waals surface area contributed by atoms with E-state index in [0.717, 1.165) is 30.5 Å². The molecule has 0 saturated heterocycles. The maximum atomic E-state index is 6.13. The second kappa shape index (κ2) is 5.85. The van der Waals surface area contributed by atoms with Crippen molar-refractivity contribution in [3.05, 3.63) is 45.5 Å². The van der Waals surface area contributed by atoms with E-state index in [0.29, 0.717) is 11.1 Å². The summed E-state index contributed by atoms with van der Waals surface area (Å²) >= 11 is 12.0. The number of allylic oxidation sites excluding steroid dienone is 4. The SMILES string of the molecule is CC=CC(=CCC)C1CCc2c(Cl)nc(Cl)nc21. The molecule has 0 radical (unpaired) electrons. The summed E-state index contributed by atoms with van der Waals surface area (Å²) in [5, 5.41) is 0.741. The highest BCUT2D eigenvalue weighted by Crippen LogP contribution is 2.40. The number of rotatable bonds is 3. The number of halogens is 2. The molecule has 1 aromatic rings. The van der Waals surface area contributed by atoms with Gasteiger partial charge in [-0.25, -0.2) is 9.97 Å². The van der Waals surface area contributed by atoms with Gasteiger partial charge in [-0.1, -0.05) is 36.8 Å². The van der Waals surface area contributed by atoms with E-state index >= 15 is 0 Å². The molecule has 0 fully saturated rings. The van der Waals surface area contributed by atoms with E-state index in [1.165, 1.54) is 5.57 Å². The van der Waals surface area contributed by atoms with Gasteiger partial charge in [0.25, 0.3) is 0 Å². The highest BCUT2D eigenvalue weighted by molar-refractivity contribution is 6.32. The number of aromatic nitrogens is 2. The van der Waals surface area contributed by atoms with Crippen molar-refractivity contribution in [3.8, 4) is 0 Å². The summed E-state index contributed by atoms with van der Waals surface area (Å²) < 4.78 is 0. The van der Waals surface area contributed by atoms with E-state index in [1.54, 1.807) is 0 Å². The molecule has 0 aromatic carbocycles. The van der Waals surface area contributed by atoms with Crippen molar-refractivity contribution in [3.63, 3.8) is 0 Å². The van der Waals surface area contributed by atoms with Crippen LogP contribution in [-0.2, 0) is 6.42 Å². The molecule has 0 amide bonds. The molecule has 2 nitrogen and oxygen atoms in total. The topological polar surface area (TPSA) is 25.8 Å². The zero-order valence-corrected chi connectivity index (χ0v) is 12.1. The van der Waals surface area contributed by atoms with Gasteiger partial charge < -0.3 is 0 Å². The summed E-state index contributed by atoms with van der Waals surface area (Å²) in [5.74, 6) is 0.300. The molecule has 2 rings (SSSR count). The molecule has 0 aliphatic heterocycles. The van der Waals surface area contributed by atoms with Crippen molar-refractivity contribution < 1.29 is 0 Å². The van der Waals surface area contributed by atoms with Crippen LogP contribution in [0.2, 0.25) is 10.4 Å². The first-order valence-corrected chi connectivity index (χ1v) is 6.97. The van der Waals surface area contributed by atoms with Gasteiger partial charge in [0.05, 0.1) is 5.69 Å². The Bertz CT molecular complexity index is 507. The second-order valence-corrected chi connectivity index (χ2v) is 5.05. The number of hydrogen-bond acceptors (Lipinski definition) is 2. The minimum atomic E-state index is 0.238. The predicted octanol–water partition coefficient (Wildman–Crippen LogP) is 4.73. The Balaban J connectivity index is 2.44. The van der Waals surface area contributed by atoms with Crippen LogP contribution in [0.1, 0.15) is 43.9 Å². The molecule has 1 aliphatic carbocycles. The first-order valence-electron chi connectivity index (χ1n) is 6.21. The van der Waals surface area contributed by atoms with E-state index in [9.17, 15) is 0 Å². The van der Waals surface area contributed by atoms with Crippen molar-refractivity contribution in [1.82, 2.24) is 9.97 Å². The first-order chi connectivity index (χ1) is 8.67. The zero-order chi connectivity index (χ0) is 13.1. The van der Waals surface area contributed by atoms with Gasteiger partial charge in [-0.3, -0.25) is 0 Å². The van der Waals surface area contributed by atoms with Gasteiger partial charge >= 0.3 is 0 Å². The number of fused-ring (bicyclic) bond motifs is 1. The van der Waals surface area contributed by atoms with Crippen molar-refractivity contribution in [2.75, 3.05) is 0 Å². The fourth-order valence-corrected chi connectivity index (χ4v) is 2.96. The van der Waals surface area contributed by atoms with Crippen LogP contribution in [0.25, 0.3) is 0 Å². The third-order valence-corrected chi connectivity index (χ3v) is 3.66. The van der Waals surface area contributed by atoms with Crippen LogP contribution >= 0.6 is 23.2 Å². The van der Waals surface area contributed by atoms with Crippen LogP contribution in [0, 0.1) is 0 Å². The van der Waals surface area contributed by atoms with Crippen molar-refractivity contribution in [2.45, 2.75) is 39.0 Å². The summed E-state index contributed by atoms with van der Waals surface area (Å²) in [6, 6.07) is 0. The molecule has 18 heavy (non-hydrogen) atoms. The minimum Gasteiger partial charge on any atom is -0.222 e. The third-order valence-electron chi connectivity index (χ3n) is 3.18. The molecule has 0 bridgehead atoms. The van der Waals surface area contributed by atoms with Crippen LogP contribution in [0.3, 0.4) is 0 Å². The van der Waals surface area contributed by atoms with Gasteiger partial charge in [-0.2, -0.15) is 0 Å². The third kappa shape index (κ3) is 2.60. The lowest BCUT2D eigenvalue weighted by Gasteiger charge is -2.12. The van der Waals surface area contributed by atoms with Crippen LogP contribution in [0.5, 0.6) is 0 Å². The van der Waals surface area contributed by atoms with Gasteiger partial charge in [0.2, 0.25) is 5.28 Å². The Hall–Kier alpha value is -0.860. The summed E-state index contributed by atoms with van der Waals surface area (Å²) in [5.41, 5.74) is 3.35. The van der Waals surface area contributed by atoms with Crippen molar-refractivity contribution in [1.29, 1.82) is 0 Å². The van der Waals surface area contributed by atoms with Gasteiger partial charge in [0, 0.05) is 11.5 Å². The monoisotopic (exact) mass is 282 g/mol. The average Bonchev–Trinajstić information content (AvgIpc) is 2.72. The van der Waals surface area contributed by atoms with Crippen molar-refractivity contribution >= 4 is 23.2 Å². The fourth-order valence-electron chi connectivity index (χ4n) is 2.47. The highest BCUT2D eigenvalue weighted by atomic mass is 35.5. The molecule has 0 N–H and O–H groups in total. The number of hydrogen-bond donors (Lipinski definition) is 0. The molecule has 1 aliphatic rings. The molecule has 96 valence electrons. The first kappa shape index (κ1) is 13.6. The van der Waals surface area contributed by atoms with E-state index in [1.807, 2.05) is 6.92 Å². The summed E-state index contributed by atoms with van der Waals surface area (Å²) in [7, 11) is 0. The molecular weight excluding hydrogens is 267 g/mol. The van der Waals surface area contributed by atoms with Gasteiger partial charge in [-0.15, -0.1) is 0 Å². The Morgan fingerprint density at radius 2 is 2.17 bits per heavy atom. The average molecular weight is 283 g/mol. The fraction of sp³-hybridized carbons (Fsp3) is 0.429. The van der Waals surface area contributed by atoms with Crippen LogP contribution in [0.15, 0.2) is 23.8 Å². The second-order valence-electron chi connectivity index (χ2n) is 4.35. The van der Waals surface area contributed by atoms with E-state index in [-0.39, 0.29) is 5.28 Å². The predicted molar refractivity (Wildman–Crippen MR) is 76.3 cm³/mol. The molecule has 0 spiro atoms. The number of nitrogens with zero attached hydrogens (tertiary/aromatic N) is 2. The minimum absolute atomic E-state index is 0.238. The van der Waals surface area contributed by atoms with Crippen LogP contribution < -0.4 is 0 Å². The Labute approximate surface area is 118 Å². The highest BCUT2D eigenvalue weighted by Gasteiger charge is 2.29. The molecule has 1 heterocycles. The summed E-state index contributed by atoms with van der Waals surface area (Å²) in [6.07, 6.45) is 9.41. The lowest BCUT2D eigenvalue weighted by molar-refractivity contribution is 0.766. The Morgan fingerprint density at radius 3 is 2.83 bits per heavy atom. The maximum absolute atomic E-state index is 6.13. The van der Waals surface area contributed by atoms with E-state index in [2.05, 4.69) is 35.1 Å². The standard InChI is InChI=1S/C14H16Cl2N2/c1-3-5-9(6-4-2)10-7-8-11-12(10)17-14(16)18-13(11)15/h3,5-6,10H,4,7-8H2,1-2H3. The molecule has 1 unspecified atom stereocenters. The molecular formula is C14H16Cl2N2. The molecule has 0 saturated carbocycles. The van der Waals surface area contributed by atoms with E-state index in [4.69, 9.17) is 23.2 Å². The molecule has 4 heteroatoms. The molecule has 1 aromatic heterocycles. The lowest BCUT2D eigenvalue weighted by Crippen LogP contribution is -2.01. The Kier molecular flexibility index (Phi) is 4.41. The van der Waals surface area contributed by atoms with Crippen LogP contribution in [-0.4, -0.2) is 9.97 Å². The summed E-state index contributed by atoms with van der Waals surface area (Å²) in [4.78, 5) is 8.39. The van der Waals surface area contributed by atoms with E-state index < -0.39 is 0 Å². The van der Waals surface area contributed by atoms with Gasteiger partial charge in [0.15, 0.2) is 0 Å². The molecule has 1 atom stereocenters. The summed E-state index contributed by atoms with van der Waals surface area (Å²) in [6.45, 7) is 4.17.